The van der Waals surface area contributed by atoms with Crippen molar-refractivity contribution in [2.75, 3.05) is 25.5 Å². The normalized spacial score (nSPS) is 12.2. The zero-order valence-corrected chi connectivity index (χ0v) is 13.3. The number of aliphatic hydroxyl groups is 1. The van der Waals surface area contributed by atoms with Gasteiger partial charge in [0.2, 0.25) is 5.91 Å². The van der Waals surface area contributed by atoms with Crippen molar-refractivity contribution in [3.63, 3.8) is 0 Å². The first kappa shape index (κ1) is 17.6. The van der Waals surface area contributed by atoms with Crippen LogP contribution in [0.4, 0.5) is 5.69 Å². The largest absolute Gasteiger partial charge is 0.392 e. The lowest BCUT2D eigenvalue weighted by molar-refractivity contribution is -0.116. The van der Waals surface area contributed by atoms with Crippen LogP contribution in [0.3, 0.4) is 0 Å². The molecule has 0 bridgehead atoms. The molecule has 0 radical (unpaired) electrons. The molecular weight excluding hydrogens is 286 g/mol. The van der Waals surface area contributed by atoms with Gasteiger partial charge in [-0.05, 0) is 39.1 Å². The van der Waals surface area contributed by atoms with E-state index in [-0.39, 0.29) is 12.0 Å². The van der Waals surface area contributed by atoms with Crippen molar-refractivity contribution in [2.45, 2.75) is 25.9 Å². The molecule has 21 heavy (non-hydrogen) atoms. The summed E-state index contributed by atoms with van der Waals surface area (Å²) < 4.78 is 0. The molecule has 1 amide bonds. The van der Waals surface area contributed by atoms with Gasteiger partial charge in [-0.1, -0.05) is 24.4 Å². The Bertz CT molecular complexity index is 492. The highest BCUT2D eigenvalue weighted by Crippen LogP contribution is 2.11. The summed E-state index contributed by atoms with van der Waals surface area (Å²) >= 11 is 4.91. The van der Waals surface area contributed by atoms with Crippen LogP contribution in [-0.2, 0) is 4.79 Å². The Kier molecular flexibility index (Phi) is 7.28. The van der Waals surface area contributed by atoms with Gasteiger partial charge in [-0.15, -0.1) is 0 Å². The summed E-state index contributed by atoms with van der Waals surface area (Å²) in [4.78, 5) is 14.2. The van der Waals surface area contributed by atoms with E-state index in [9.17, 15) is 9.90 Å². The third-order valence-electron chi connectivity index (χ3n) is 2.95. The van der Waals surface area contributed by atoms with Crippen molar-refractivity contribution < 1.29 is 9.90 Å². The Balaban J connectivity index is 2.37. The summed E-state index contributed by atoms with van der Waals surface area (Å²) in [7, 11) is 1.93. The van der Waals surface area contributed by atoms with Gasteiger partial charge in [0.1, 0.15) is 4.99 Å². The molecule has 0 aromatic heterocycles. The van der Waals surface area contributed by atoms with Gasteiger partial charge in [0.05, 0.1) is 6.10 Å². The number of nitrogens with zero attached hydrogens (tertiary/aromatic N) is 1. The zero-order chi connectivity index (χ0) is 15.8. The van der Waals surface area contributed by atoms with E-state index in [1.165, 1.54) is 0 Å². The minimum absolute atomic E-state index is 0.0412. The topological polar surface area (TPSA) is 78.6 Å². The van der Waals surface area contributed by atoms with Crippen molar-refractivity contribution in [3.8, 4) is 0 Å². The van der Waals surface area contributed by atoms with Crippen LogP contribution in [0.1, 0.15) is 25.3 Å². The Morgan fingerprint density at radius 2 is 2.24 bits per heavy atom. The number of rotatable bonds is 8. The summed E-state index contributed by atoms with van der Waals surface area (Å²) in [6.07, 6.45) is 0.817. The highest BCUT2D eigenvalue weighted by Gasteiger charge is 2.06. The van der Waals surface area contributed by atoms with Crippen LogP contribution in [0.15, 0.2) is 24.3 Å². The highest BCUT2D eigenvalue weighted by molar-refractivity contribution is 7.80. The fourth-order valence-corrected chi connectivity index (χ4v) is 2.15. The number of nitrogens with two attached hydrogens (primary N) is 1. The van der Waals surface area contributed by atoms with Gasteiger partial charge in [-0.3, -0.25) is 4.79 Å². The average molecular weight is 309 g/mol. The molecule has 1 aromatic rings. The van der Waals surface area contributed by atoms with Crippen molar-refractivity contribution in [2.24, 2.45) is 5.73 Å². The van der Waals surface area contributed by atoms with Crippen molar-refractivity contribution in [3.05, 3.63) is 29.8 Å². The van der Waals surface area contributed by atoms with Crippen LogP contribution in [-0.4, -0.2) is 47.1 Å². The zero-order valence-electron chi connectivity index (χ0n) is 12.5. The molecule has 0 fully saturated rings. The molecular formula is C15H23N3O2S. The summed E-state index contributed by atoms with van der Waals surface area (Å²) in [6.45, 7) is 3.13. The minimum atomic E-state index is -0.355. The van der Waals surface area contributed by atoms with E-state index in [0.717, 1.165) is 18.5 Å². The van der Waals surface area contributed by atoms with Gasteiger partial charge in [-0.2, -0.15) is 0 Å². The lowest BCUT2D eigenvalue weighted by atomic mass is 10.2. The predicted octanol–water partition coefficient (Wildman–Crippen LogP) is 1.35. The molecule has 1 rings (SSSR count). The molecule has 0 aliphatic carbocycles. The van der Waals surface area contributed by atoms with E-state index >= 15 is 0 Å². The molecule has 0 heterocycles. The van der Waals surface area contributed by atoms with Crippen LogP contribution in [0.5, 0.6) is 0 Å². The lowest BCUT2D eigenvalue weighted by Gasteiger charge is -2.17. The van der Waals surface area contributed by atoms with Gasteiger partial charge in [0, 0.05) is 24.2 Å². The fourth-order valence-electron chi connectivity index (χ4n) is 2.03. The standard InChI is InChI=1S/C15H23N3O2S/c1-11(19)10-18(2)8-4-7-14(20)17-13-6-3-5-12(9-13)15(16)21/h3,5-6,9,11,19H,4,7-8,10H2,1-2H3,(H2,16,21)(H,17,20). The smallest absolute Gasteiger partial charge is 0.224 e. The monoisotopic (exact) mass is 309 g/mol. The van der Waals surface area contributed by atoms with E-state index in [0.29, 0.717) is 23.6 Å². The molecule has 6 heteroatoms. The summed E-state index contributed by atoms with van der Waals surface area (Å²) in [5.74, 6) is -0.0412. The number of amides is 1. The lowest BCUT2D eigenvalue weighted by Crippen LogP contribution is -2.28. The van der Waals surface area contributed by atoms with E-state index in [1.54, 1.807) is 25.1 Å². The third kappa shape index (κ3) is 7.17. The highest BCUT2D eigenvalue weighted by atomic mass is 32.1. The first-order chi connectivity index (χ1) is 9.88. The summed E-state index contributed by atoms with van der Waals surface area (Å²) in [6, 6.07) is 7.18. The number of hydrogen-bond acceptors (Lipinski definition) is 4. The van der Waals surface area contributed by atoms with E-state index in [1.807, 2.05) is 18.0 Å². The number of thiocarbonyl (C=S) groups is 1. The number of anilines is 1. The molecule has 0 aliphatic rings. The van der Waals surface area contributed by atoms with Crippen LogP contribution in [0.25, 0.3) is 0 Å². The Morgan fingerprint density at radius 3 is 2.86 bits per heavy atom. The van der Waals surface area contributed by atoms with Gasteiger partial charge >= 0.3 is 0 Å². The van der Waals surface area contributed by atoms with Crippen LogP contribution >= 0.6 is 12.2 Å². The summed E-state index contributed by atoms with van der Waals surface area (Å²) in [5.41, 5.74) is 6.99. The Hall–Kier alpha value is -1.50. The van der Waals surface area contributed by atoms with E-state index in [4.69, 9.17) is 18.0 Å². The second-order valence-electron chi connectivity index (χ2n) is 5.21. The predicted molar refractivity (Wildman–Crippen MR) is 89.4 cm³/mol. The van der Waals surface area contributed by atoms with Crippen molar-refractivity contribution >= 4 is 28.8 Å². The Labute approximate surface area is 131 Å². The molecule has 0 spiro atoms. The number of carbonyl (C=O) groups excluding carboxylic acids is 1. The molecule has 4 N–H and O–H groups in total. The molecule has 1 unspecified atom stereocenters. The summed E-state index contributed by atoms with van der Waals surface area (Å²) in [5, 5.41) is 12.1. The van der Waals surface area contributed by atoms with Crippen molar-refractivity contribution in [1.82, 2.24) is 4.90 Å². The van der Waals surface area contributed by atoms with Crippen LogP contribution in [0, 0.1) is 0 Å². The maximum Gasteiger partial charge on any atom is 0.224 e. The molecule has 0 saturated carbocycles. The maximum absolute atomic E-state index is 11.9. The molecule has 1 aromatic carbocycles. The number of hydrogen-bond donors (Lipinski definition) is 3. The molecule has 0 aliphatic heterocycles. The fraction of sp³-hybridized carbons (Fsp3) is 0.467. The maximum atomic E-state index is 11.9. The molecule has 116 valence electrons. The number of nitrogens with one attached hydrogen (secondary N) is 1. The van der Waals surface area contributed by atoms with Gasteiger partial charge in [0.25, 0.3) is 0 Å². The van der Waals surface area contributed by atoms with Gasteiger partial charge < -0.3 is 21.1 Å². The minimum Gasteiger partial charge on any atom is -0.392 e. The van der Waals surface area contributed by atoms with Crippen molar-refractivity contribution in [1.29, 1.82) is 0 Å². The second kappa shape index (κ2) is 8.71. The number of aliphatic hydroxyl groups excluding tert-OH is 1. The first-order valence-electron chi connectivity index (χ1n) is 6.95. The number of likely N-dealkylation sites (N-methyl/N-ethyl adjacent to an activating group) is 1. The average Bonchev–Trinajstić information content (AvgIpc) is 2.37. The quantitative estimate of drug-likeness (QED) is 0.632. The second-order valence-corrected chi connectivity index (χ2v) is 5.65. The Morgan fingerprint density at radius 1 is 1.52 bits per heavy atom. The SMILES string of the molecule is CC(O)CN(C)CCCC(=O)Nc1cccc(C(N)=S)c1. The first-order valence-corrected chi connectivity index (χ1v) is 7.35. The van der Waals surface area contributed by atoms with Gasteiger partial charge in [-0.25, -0.2) is 0 Å². The number of carbonyl (C=O) groups is 1. The van der Waals surface area contributed by atoms with E-state index in [2.05, 4.69) is 5.32 Å². The van der Waals surface area contributed by atoms with Crippen LogP contribution in [0.2, 0.25) is 0 Å². The van der Waals surface area contributed by atoms with Gasteiger partial charge in [0.15, 0.2) is 0 Å². The third-order valence-corrected chi connectivity index (χ3v) is 3.19. The molecule has 0 saturated heterocycles. The molecule has 1 atom stereocenters. The van der Waals surface area contributed by atoms with E-state index < -0.39 is 0 Å². The molecule has 5 nitrogen and oxygen atoms in total. The van der Waals surface area contributed by atoms with Crippen LogP contribution < -0.4 is 11.1 Å². The number of benzene rings is 1.